The Labute approximate surface area is 149 Å². The molecule has 2 aliphatic rings. The van der Waals surface area contributed by atoms with Gasteiger partial charge in [-0.15, -0.1) is 0 Å². The van der Waals surface area contributed by atoms with Gasteiger partial charge in [-0.1, -0.05) is 19.1 Å². The zero-order valence-corrected chi connectivity index (χ0v) is 14.9. The number of piperazine rings is 1. The zero-order valence-electron chi connectivity index (χ0n) is 14.9. The molecule has 0 unspecified atom stereocenters. The minimum atomic E-state index is -0.0244. The second kappa shape index (κ2) is 8.23. The van der Waals surface area contributed by atoms with E-state index in [-0.39, 0.29) is 11.9 Å². The summed E-state index contributed by atoms with van der Waals surface area (Å²) in [6.45, 7) is 5.91. The van der Waals surface area contributed by atoms with Gasteiger partial charge < -0.3 is 19.9 Å². The van der Waals surface area contributed by atoms with Gasteiger partial charge in [0.05, 0.1) is 13.0 Å². The number of aryl methyl sites for hydroxylation is 1. The normalized spacial score (nSPS) is 16.8. The van der Waals surface area contributed by atoms with E-state index in [1.165, 1.54) is 5.56 Å². The second-order valence-electron chi connectivity index (χ2n) is 6.67. The summed E-state index contributed by atoms with van der Waals surface area (Å²) in [5.41, 5.74) is 2.24. The van der Waals surface area contributed by atoms with E-state index in [0.717, 1.165) is 37.2 Å². The molecular weight excluding hydrogens is 318 g/mol. The summed E-state index contributed by atoms with van der Waals surface area (Å²) >= 11 is 0. The number of carbonyl (C=O) groups excluding carboxylic acids is 2. The molecule has 0 radical (unpaired) electrons. The highest BCUT2D eigenvalue weighted by atomic mass is 16.5. The Morgan fingerprint density at radius 2 is 1.92 bits per heavy atom. The predicted octanol–water partition coefficient (Wildman–Crippen LogP) is 1.82. The fraction of sp³-hybridized carbons (Fsp3) is 0.579. The van der Waals surface area contributed by atoms with Crippen molar-refractivity contribution in [3.8, 4) is 5.75 Å². The van der Waals surface area contributed by atoms with Crippen molar-refractivity contribution in [2.45, 2.75) is 32.6 Å². The largest absolute Gasteiger partial charge is 0.493 e. The number of hydrogen-bond donors (Lipinski definition) is 1. The average molecular weight is 345 g/mol. The van der Waals surface area contributed by atoms with Gasteiger partial charge in [0.25, 0.3) is 0 Å². The summed E-state index contributed by atoms with van der Waals surface area (Å²) in [7, 11) is 0. The van der Waals surface area contributed by atoms with Gasteiger partial charge in [0.15, 0.2) is 0 Å². The first-order chi connectivity index (χ1) is 12.2. The van der Waals surface area contributed by atoms with Crippen molar-refractivity contribution in [2.75, 3.05) is 39.3 Å². The number of ether oxygens (including phenoxy) is 1. The van der Waals surface area contributed by atoms with Crippen LogP contribution in [0.1, 0.15) is 30.9 Å². The number of amides is 3. The lowest BCUT2D eigenvalue weighted by Gasteiger charge is -2.34. The number of carbonyl (C=O) groups is 2. The molecule has 1 saturated heterocycles. The first kappa shape index (κ1) is 17.6. The molecule has 0 atom stereocenters. The Morgan fingerprint density at radius 3 is 2.68 bits per heavy atom. The molecule has 25 heavy (non-hydrogen) atoms. The van der Waals surface area contributed by atoms with Gasteiger partial charge in [0.1, 0.15) is 5.75 Å². The van der Waals surface area contributed by atoms with Crippen LogP contribution >= 0.6 is 0 Å². The number of nitrogens with one attached hydrogen (secondary N) is 1. The zero-order chi connectivity index (χ0) is 17.6. The molecule has 136 valence electrons. The topological polar surface area (TPSA) is 61.9 Å². The molecule has 0 aromatic heterocycles. The maximum atomic E-state index is 12.6. The quantitative estimate of drug-likeness (QED) is 0.905. The molecule has 0 bridgehead atoms. The summed E-state index contributed by atoms with van der Waals surface area (Å²) in [6, 6.07) is 6.04. The van der Waals surface area contributed by atoms with Crippen LogP contribution in [0.3, 0.4) is 0 Å². The maximum absolute atomic E-state index is 12.6. The van der Waals surface area contributed by atoms with Crippen LogP contribution in [0.15, 0.2) is 18.2 Å². The highest BCUT2D eigenvalue weighted by Crippen LogP contribution is 2.25. The van der Waals surface area contributed by atoms with E-state index in [4.69, 9.17) is 4.74 Å². The Bertz CT molecular complexity index is 624. The molecule has 3 amide bonds. The van der Waals surface area contributed by atoms with Crippen LogP contribution in [0.5, 0.6) is 5.75 Å². The van der Waals surface area contributed by atoms with E-state index < -0.39 is 0 Å². The van der Waals surface area contributed by atoms with E-state index >= 15 is 0 Å². The average Bonchev–Trinajstić information content (AvgIpc) is 2.66. The standard InChI is InChI=1S/C19H27N3O3/c1-2-7-20-19(24)22-10-8-21(9-11-22)18(23)14-15-5-6-17-16(13-15)4-3-12-25-17/h5-6,13H,2-4,7-12,14H2,1H3,(H,20,24). The van der Waals surface area contributed by atoms with Crippen molar-refractivity contribution in [1.29, 1.82) is 0 Å². The molecular formula is C19H27N3O3. The molecule has 1 N–H and O–H groups in total. The van der Waals surface area contributed by atoms with Crippen LogP contribution in [-0.2, 0) is 17.6 Å². The molecule has 0 aliphatic carbocycles. The molecule has 1 aromatic rings. The molecule has 6 nitrogen and oxygen atoms in total. The van der Waals surface area contributed by atoms with Crippen molar-refractivity contribution >= 4 is 11.9 Å². The van der Waals surface area contributed by atoms with E-state index in [1.54, 1.807) is 4.90 Å². The van der Waals surface area contributed by atoms with Crippen molar-refractivity contribution in [2.24, 2.45) is 0 Å². The van der Waals surface area contributed by atoms with Crippen LogP contribution < -0.4 is 10.1 Å². The summed E-state index contributed by atoms with van der Waals surface area (Å²) in [5, 5.41) is 2.89. The first-order valence-electron chi connectivity index (χ1n) is 9.22. The number of rotatable bonds is 4. The van der Waals surface area contributed by atoms with Crippen LogP contribution in [0.25, 0.3) is 0 Å². The number of fused-ring (bicyclic) bond motifs is 1. The van der Waals surface area contributed by atoms with Gasteiger partial charge in [-0.05, 0) is 36.5 Å². The van der Waals surface area contributed by atoms with Crippen LogP contribution in [0.4, 0.5) is 4.79 Å². The Morgan fingerprint density at radius 1 is 1.16 bits per heavy atom. The lowest BCUT2D eigenvalue weighted by Crippen LogP contribution is -2.53. The van der Waals surface area contributed by atoms with Crippen LogP contribution in [0.2, 0.25) is 0 Å². The lowest BCUT2D eigenvalue weighted by molar-refractivity contribution is -0.131. The van der Waals surface area contributed by atoms with Gasteiger partial charge in [0.2, 0.25) is 5.91 Å². The van der Waals surface area contributed by atoms with E-state index in [0.29, 0.717) is 39.1 Å². The molecule has 2 aliphatic heterocycles. The van der Waals surface area contributed by atoms with Crippen molar-refractivity contribution in [3.05, 3.63) is 29.3 Å². The lowest BCUT2D eigenvalue weighted by atomic mass is 10.0. The number of urea groups is 1. The van der Waals surface area contributed by atoms with Crippen LogP contribution in [0, 0.1) is 0 Å². The third-order valence-corrected chi connectivity index (χ3v) is 4.77. The Hall–Kier alpha value is -2.24. The highest BCUT2D eigenvalue weighted by molar-refractivity contribution is 5.80. The van der Waals surface area contributed by atoms with Gasteiger partial charge >= 0.3 is 6.03 Å². The number of nitrogens with zero attached hydrogens (tertiary/aromatic N) is 2. The summed E-state index contributed by atoms with van der Waals surface area (Å²) in [6.07, 6.45) is 3.39. The minimum Gasteiger partial charge on any atom is -0.493 e. The van der Waals surface area contributed by atoms with E-state index in [1.807, 2.05) is 24.0 Å². The predicted molar refractivity (Wildman–Crippen MR) is 95.8 cm³/mol. The van der Waals surface area contributed by atoms with E-state index in [2.05, 4.69) is 11.4 Å². The third kappa shape index (κ3) is 4.44. The van der Waals surface area contributed by atoms with Gasteiger partial charge in [-0.25, -0.2) is 4.79 Å². The molecule has 2 heterocycles. The number of hydrogen-bond acceptors (Lipinski definition) is 3. The monoisotopic (exact) mass is 345 g/mol. The fourth-order valence-electron chi connectivity index (χ4n) is 3.31. The van der Waals surface area contributed by atoms with Gasteiger partial charge in [-0.3, -0.25) is 4.79 Å². The van der Waals surface area contributed by atoms with Crippen LogP contribution in [-0.4, -0.2) is 61.1 Å². The Balaban J connectivity index is 1.50. The molecule has 0 spiro atoms. The summed E-state index contributed by atoms with van der Waals surface area (Å²) in [4.78, 5) is 28.2. The van der Waals surface area contributed by atoms with Crippen molar-refractivity contribution in [3.63, 3.8) is 0 Å². The highest BCUT2D eigenvalue weighted by Gasteiger charge is 2.24. The first-order valence-corrected chi connectivity index (χ1v) is 9.22. The van der Waals surface area contributed by atoms with Crippen molar-refractivity contribution in [1.82, 2.24) is 15.1 Å². The molecule has 0 saturated carbocycles. The second-order valence-corrected chi connectivity index (χ2v) is 6.67. The molecule has 1 aromatic carbocycles. The fourth-order valence-corrected chi connectivity index (χ4v) is 3.31. The smallest absolute Gasteiger partial charge is 0.317 e. The van der Waals surface area contributed by atoms with Gasteiger partial charge in [-0.2, -0.15) is 0 Å². The molecule has 3 rings (SSSR count). The number of benzene rings is 1. The maximum Gasteiger partial charge on any atom is 0.317 e. The molecule has 6 heteroatoms. The SMILES string of the molecule is CCCNC(=O)N1CCN(C(=O)Cc2ccc3c(c2)CCCO3)CC1. The van der Waals surface area contributed by atoms with Gasteiger partial charge in [0, 0.05) is 32.7 Å². The summed E-state index contributed by atoms with van der Waals surface area (Å²) < 4.78 is 5.62. The summed E-state index contributed by atoms with van der Waals surface area (Å²) in [5.74, 6) is 1.08. The minimum absolute atomic E-state index is 0.0244. The third-order valence-electron chi connectivity index (χ3n) is 4.77. The molecule has 1 fully saturated rings. The Kier molecular flexibility index (Phi) is 5.79. The van der Waals surface area contributed by atoms with Crippen molar-refractivity contribution < 1.29 is 14.3 Å². The van der Waals surface area contributed by atoms with E-state index in [9.17, 15) is 9.59 Å².